The van der Waals surface area contributed by atoms with Gasteiger partial charge < -0.3 is 5.32 Å². The lowest BCUT2D eigenvalue weighted by Gasteiger charge is -2.04. The number of aromatic amines is 1. The maximum absolute atomic E-state index is 12.2. The van der Waals surface area contributed by atoms with Crippen LogP contribution < -0.4 is 5.32 Å². The third-order valence-corrected chi connectivity index (χ3v) is 3.41. The second kappa shape index (κ2) is 5.85. The molecule has 6 heteroatoms. The standard InChI is InChI=1S/C16H16N4O2/c1-11-10-14(19-18-11)17-15(21)6-7-16(22)20-9-8-12-4-2-3-5-13(12)20/h2-5,8-10H,6-7H2,1H3,(H2,17,18,19,21). The van der Waals surface area contributed by atoms with Gasteiger partial charge in [0.1, 0.15) is 0 Å². The monoisotopic (exact) mass is 296 g/mol. The zero-order chi connectivity index (χ0) is 15.5. The van der Waals surface area contributed by atoms with Crippen LogP contribution in [-0.2, 0) is 4.79 Å². The van der Waals surface area contributed by atoms with Crippen molar-refractivity contribution in [1.29, 1.82) is 0 Å². The van der Waals surface area contributed by atoms with Crippen molar-refractivity contribution >= 4 is 28.5 Å². The van der Waals surface area contributed by atoms with Crippen LogP contribution >= 0.6 is 0 Å². The Hall–Kier alpha value is -2.89. The smallest absolute Gasteiger partial charge is 0.231 e. The van der Waals surface area contributed by atoms with Crippen LogP contribution in [0.3, 0.4) is 0 Å². The minimum absolute atomic E-state index is 0.102. The third kappa shape index (κ3) is 2.90. The summed E-state index contributed by atoms with van der Waals surface area (Å²) < 4.78 is 1.58. The number of carbonyl (C=O) groups is 2. The number of aromatic nitrogens is 3. The number of H-pyrrole nitrogens is 1. The Bertz CT molecular complexity index is 831. The molecule has 2 aromatic heterocycles. The number of carbonyl (C=O) groups excluding carboxylic acids is 2. The summed E-state index contributed by atoms with van der Waals surface area (Å²) in [5, 5.41) is 10.3. The third-order valence-electron chi connectivity index (χ3n) is 3.41. The molecule has 0 radical (unpaired) electrons. The summed E-state index contributed by atoms with van der Waals surface area (Å²) in [5.41, 5.74) is 1.72. The maximum Gasteiger partial charge on any atom is 0.231 e. The highest BCUT2D eigenvalue weighted by Crippen LogP contribution is 2.16. The van der Waals surface area contributed by atoms with E-state index in [1.54, 1.807) is 16.8 Å². The average molecular weight is 296 g/mol. The van der Waals surface area contributed by atoms with E-state index in [1.807, 2.05) is 37.3 Å². The van der Waals surface area contributed by atoms with Gasteiger partial charge in [-0.2, -0.15) is 5.10 Å². The van der Waals surface area contributed by atoms with E-state index in [4.69, 9.17) is 0 Å². The van der Waals surface area contributed by atoms with Crippen molar-refractivity contribution in [1.82, 2.24) is 14.8 Å². The normalized spacial score (nSPS) is 10.8. The predicted molar refractivity (Wildman–Crippen MR) is 83.8 cm³/mol. The number of hydrogen-bond acceptors (Lipinski definition) is 3. The largest absolute Gasteiger partial charge is 0.309 e. The fourth-order valence-corrected chi connectivity index (χ4v) is 2.33. The van der Waals surface area contributed by atoms with Gasteiger partial charge in [0.25, 0.3) is 0 Å². The second-order valence-electron chi connectivity index (χ2n) is 5.12. The fourth-order valence-electron chi connectivity index (χ4n) is 2.33. The van der Waals surface area contributed by atoms with Crippen molar-refractivity contribution in [2.24, 2.45) is 0 Å². The SMILES string of the molecule is Cc1cc(NC(=O)CCC(=O)n2ccc3ccccc32)n[nH]1. The molecule has 2 heterocycles. The van der Waals surface area contributed by atoms with Crippen molar-refractivity contribution in [3.63, 3.8) is 0 Å². The molecule has 0 bridgehead atoms. The Balaban J connectivity index is 1.61. The highest BCUT2D eigenvalue weighted by atomic mass is 16.2. The fraction of sp³-hybridized carbons (Fsp3) is 0.188. The lowest BCUT2D eigenvalue weighted by Crippen LogP contribution is -2.16. The molecule has 0 aliphatic heterocycles. The van der Waals surface area contributed by atoms with Gasteiger partial charge in [-0.05, 0) is 19.1 Å². The summed E-state index contributed by atoms with van der Waals surface area (Å²) >= 11 is 0. The molecule has 0 aliphatic carbocycles. The number of hydrogen-bond donors (Lipinski definition) is 2. The molecular formula is C16H16N4O2. The first kappa shape index (κ1) is 14.1. The van der Waals surface area contributed by atoms with Gasteiger partial charge in [0.05, 0.1) is 5.52 Å². The van der Waals surface area contributed by atoms with Crippen LogP contribution in [0.15, 0.2) is 42.6 Å². The lowest BCUT2D eigenvalue weighted by molar-refractivity contribution is -0.116. The highest BCUT2D eigenvalue weighted by molar-refractivity contribution is 5.96. The molecule has 3 aromatic rings. The first-order chi connectivity index (χ1) is 10.6. The summed E-state index contributed by atoms with van der Waals surface area (Å²) in [6.45, 7) is 1.85. The van der Waals surface area contributed by atoms with E-state index in [1.165, 1.54) is 0 Å². The molecule has 0 saturated heterocycles. The molecule has 3 rings (SSSR count). The number of rotatable bonds is 4. The van der Waals surface area contributed by atoms with Crippen molar-refractivity contribution in [2.45, 2.75) is 19.8 Å². The quantitative estimate of drug-likeness (QED) is 0.777. The molecule has 1 amide bonds. The Labute approximate surface area is 127 Å². The number of amides is 1. The number of nitrogens with zero attached hydrogens (tertiary/aromatic N) is 2. The minimum atomic E-state index is -0.226. The summed E-state index contributed by atoms with van der Waals surface area (Å²) in [5.74, 6) is 0.146. The molecule has 1 aromatic carbocycles. The molecule has 2 N–H and O–H groups in total. The molecule has 6 nitrogen and oxygen atoms in total. The lowest BCUT2D eigenvalue weighted by atomic mass is 10.2. The van der Waals surface area contributed by atoms with E-state index >= 15 is 0 Å². The van der Waals surface area contributed by atoms with Gasteiger partial charge >= 0.3 is 0 Å². The first-order valence-corrected chi connectivity index (χ1v) is 7.04. The first-order valence-electron chi connectivity index (χ1n) is 7.04. The molecule has 0 saturated carbocycles. The van der Waals surface area contributed by atoms with Crippen LogP contribution in [0.4, 0.5) is 5.82 Å². The molecule has 0 fully saturated rings. The zero-order valence-corrected chi connectivity index (χ0v) is 12.2. The number of nitrogens with one attached hydrogen (secondary N) is 2. The number of benzene rings is 1. The van der Waals surface area contributed by atoms with Crippen LogP contribution in [0.5, 0.6) is 0 Å². The van der Waals surface area contributed by atoms with E-state index in [2.05, 4.69) is 15.5 Å². The van der Waals surface area contributed by atoms with E-state index < -0.39 is 0 Å². The van der Waals surface area contributed by atoms with Crippen LogP contribution in [0.2, 0.25) is 0 Å². The van der Waals surface area contributed by atoms with Crippen molar-refractivity contribution in [3.8, 4) is 0 Å². The van der Waals surface area contributed by atoms with Crippen LogP contribution in [-0.4, -0.2) is 26.6 Å². The topological polar surface area (TPSA) is 79.8 Å². The Morgan fingerprint density at radius 1 is 1.23 bits per heavy atom. The molecule has 22 heavy (non-hydrogen) atoms. The van der Waals surface area contributed by atoms with Gasteiger partial charge in [-0.25, -0.2) is 0 Å². The summed E-state index contributed by atoms with van der Waals surface area (Å²) in [4.78, 5) is 24.1. The number of para-hydroxylation sites is 1. The molecule has 0 aliphatic rings. The van der Waals surface area contributed by atoms with Gasteiger partial charge in [0, 0.05) is 36.2 Å². The average Bonchev–Trinajstić information content (AvgIpc) is 3.11. The molecule has 112 valence electrons. The zero-order valence-electron chi connectivity index (χ0n) is 12.2. The Morgan fingerprint density at radius 3 is 2.82 bits per heavy atom. The van der Waals surface area contributed by atoms with Crippen LogP contribution in [0.1, 0.15) is 23.3 Å². The van der Waals surface area contributed by atoms with Crippen molar-refractivity contribution in [3.05, 3.63) is 48.3 Å². The van der Waals surface area contributed by atoms with Gasteiger partial charge in [0.15, 0.2) is 5.82 Å². The van der Waals surface area contributed by atoms with Crippen molar-refractivity contribution in [2.75, 3.05) is 5.32 Å². The van der Waals surface area contributed by atoms with E-state index in [0.717, 1.165) is 16.6 Å². The Morgan fingerprint density at radius 2 is 2.05 bits per heavy atom. The predicted octanol–water partition coefficient (Wildman–Crippen LogP) is 2.73. The number of fused-ring (bicyclic) bond motifs is 1. The maximum atomic E-state index is 12.2. The number of aryl methyl sites for hydroxylation is 1. The van der Waals surface area contributed by atoms with Gasteiger partial charge in [-0.3, -0.25) is 19.3 Å². The molecular weight excluding hydrogens is 280 g/mol. The molecule has 0 spiro atoms. The van der Waals surface area contributed by atoms with E-state index in [-0.39, 0.29) is 24.7 Å². The summed E-state index contributed by atoms with van der Waals surface area (Å²) in [7, 11) is 0. The van der Waals surface area contributed by atoms with E-state index in [9.17, 15) is 9.59 Å². The van der Waals surface area contributed by atoms with Crippen LogP contribution in [0, 0.1) is 6.92 Å². The highest BCUT2D eigenvalue weighted by Gasteiger charge is 2.12. The van der Waals surface area contributed by atoms with Crippen molar-refractivity contribution < 1.29 is 9.59 Å². The number of anilines is 1. The van der Waals surface area contributed by atoms with Crippen LogP contribution in [0.25, 0.3) is 10.9 Å². The van der Waals surface area contributed by atoms with Gasteiger partial charge in [0.2, 0.25) is 11.8 Å². The minimum Gasteiger partial charge on any atom is -0.309 e. The summed E-state index contributed by atoms with van der Waals surface area (Å²) in [6.07, 6.45) is 2.01. The molecule has 0 atom stereocenters. The summed E-state index contributed by atoms with van der Waals surface area (Å²) in [6, 6.07) is 11.3. The molecule has 0 unspecified atom stereocenters. The van der Waals surface area contributed by atoms with Gasteiger partial charge in [-0.15, -0.1) is 0 Å². The van der Waals surface area contributed by atoms with Gasteiger partial charge in [-0.1, -0.05) is 18.2 Å². The van der Waals surface area contributed by atoms with E-state index in [0.29, 0.717) is 5.82 Å². The second-order valence-corrected chi connectivity index (χ2v) is 5.12. The Kier molecular flexibility index (Phi) is 3.74.